The second-order valence-corrected chi connectivity index (χ2v) is 7.54. The molecule has 6 heteroatoms. The second kappa shape index (κ2) is 8.71. The number of benzene rings is 3. The molecule has 1 atom stereocenters. The van der Waals surface area contributed by atoms with Crippen LogP contribution in [-0.2, 0) is 0 Å². The van der Waals surface area contributed by atoms with Crippen LogP contribution in [0.25, 0.3) is 10.8 Å². The van der Waals surface area contributed by atoms with Gasteiger partial charge in [0.05, 0.1) is 13.3 Å². The average Bonchev–Trinajstić information content (AvgIpc) is 2.78. The molecule has 0 radical (unpaired) electrons. The van der Waals surface area contributed by atoms with Gasteiger partial charge in [0.15, 0.2) is 0 Å². The van der Waals surface area contributed by atoms with Crippen molar-refractivity contribution in [2.24, 2.45) is 0 Å². The molecule has 156 valence electrons. The van der Waals surface area contributed by atoms with E-state index in [0.717, 1.165) is 31.9 Å². The van der Waals surface area contributed by atoms with Crippen LogP contribution in [0, 0.1) is 5.82 Å². The van der Waals surface area contributed by atoms with Gasteiger partial charge in [0.2, 0.25) is 0 Å². The molecule has 1 amide bonds. The van der Waals surface area contributed by atoms with E-state index < -0.39 is 0 Å². The summed E-state index contributed by atoms with van der Waals surface area (Å²) in [5.41, 5.74) is 1.67. The molecular formula is C24H26FN3O2. The van der Waals surface area contributed by atoms with Gasteiger partial charge in [0, 0.05) is 42.8 Å². The van der Waals surface area contributed by atoms with E-state index in [1.54, 1.807) is 7.11 Å². The number of piperazine rings is 1. The fourth-order valence-electron chi connectivity index (χ4n) is 3.95. The molecule has 1 heterocycles. The first kappa shape index (κ1) is 20.2. The highest BCUT2D eigenvalue weighted by Gasteiger charge is 2.23. The number of rotatable bonds is 5. The average molecular weight is 407 g/mol. The van der Waals surface area contributed by atoms with Crippen molar-refractivity contribution in [3.8, 4) is 5.75 Å². The third-order valence-corrected chi connectivity index (χ3v) is 5.72. The molecular weight excluding hydrogens is 381 g/mol. The fraction of sp³-hybridized carbons (Fsp3) is 0.292. The Morgan fingerprint density at radius 3 is 2.47 bits per heavy atom. The number of amides is 1. The molecule has 0 bridgehead atoms. The van der Waals surface area contributed by atoms with E-state index >= 15 is 0 Å². The number of fused-ring (bicyclic) bond motifs is 1. The van der Waals surface area contributed by atoms with Crippen LogP contribution in [0.2, 0.25) is 0 Å². The Bertz CT molecular complexity index is 1030. The summed E-state index contributed by atoms with van der Waals surface area (Å²) in [6, 6.07) is 18.1. The van der Waals surface area contributed by atoms with Crippen molar-refractivity contribution in [3.05, 3.63) is 72.0 Å². The van der Waals surface area contributed by atoms with Gasteiger partial charge in [-0.1, -0.05) is 18.2 Å². The molecule has 0 saturated carbocycles. The van der Waals surface area contributed by atoms with Crippen LogP contribution in [0.1, 0.15) is 17.3 Å². The van der Waals surface area contributed by atoms with E-state index in [9.17, 15) is 9.18 Å². The van der Waals surface area contributed by atoms with Crippen molar-refractivity contribution < 1.29 is 13.9 Å². The van der Waals surface area contributed by atoms with Gasteiger partial charge in [-0.15, -0.1) is 0 Å². The van der Waals surface area contributed by atoms with E-state index in [1.165, 1.54) is 40.7 Å². The first-order valence-corrected chi connectivity index (χ1v) is 10.2. The lowest BCUT2D eigenvalue weighted by Gasteiger charge is -2.39. The topological polar surface area (TPSA) is 44.8 Å². The molecule has 1 fully saturated rings. The Labute approximate surface area is 176 Å². The predicted molar refractivity (Wildman–Crippen MR) is 118 cm³/mol. The molecule has 0 spiro atoms. The SMILES string of the molecule is COc1ccc2cccc(N3CCN(C(C)NC(=O)c4ccc(F)cc4)CC3)c2c1. The molecule has 1 saturated heterocycles. The van der Waals surface area contributed by atoms with Gasteiger partial charge >= 0.3 is 0 Å². The Hall–Kier alpha value is -3.12. The van der Waals surface area contributed by atoms with Crippen LogP contribution in [-0.4, -0.2) is 50.3 Å². The van der Waals surface area contributed by atoms with Gasteiger partial charge in [-0.25, -0.2) is 4.39 Å². The number of carbonyl (C=O) groups is 1. The summed E-state index contributed by atoms with van der Waals surface area (Å²) in [6.45, 7) is 5.40. The zero-order valence-electron chi connectivity index (χ0n) is 17.3. The van der Waals surface area contributed by atoms with Gasteiger partial charge in [0.1, 0.15) is 11.6 Å². The summed E-state index contributed by atoms with van der Waals surface area (Å²) in [5.74, 6) is 0.318. The van der Waals surface area contributed by atoms with Gasteiger partial charge in [0.25, 0.3) is 5.91 Å². The van der Waals surface area contributed by atoms with Crippen LogP contribution < -0.4 is 15.0 Å². The molecule has 5 nitrogen and oxygen atoms in total. The molecule has 0 aromatic heterocycles. The highest BCUT2D eigenvalue weighted by atomic mass is 19.1. The number of nitrogens with one attached hydrogen (secondary N) is 1. The maximum atomic E-state index is 13.1. The van der Waals surface area contributed by atoms with Gasteiger partial charge in [-0.05, 0) is 54.8 Å². The molecule has 30 heavy (non-hydrogen) atoms. The number of anilines is 1. The Morgan fingerprint density at radius 2 is 1.77 bits per heavy atom. The first-order valence-electron chi connectivity index (χ1n) is 10.2. The van der Waals surface area contributed by atoms with Crippen LogP contribution in [0.5, 0.6) is 5.75 Å². The standard InChI is InChI=1S/C24H26FN3O2/c1-17(26-24(29)19-6-9-20(25)10-7-19)27-12-14-28(15-13-27)23-5-3-4-18-8-11-21(30-2)16-22(18)23/h3-11,16-17H,12-15H2,1-2H3,(H,26,29). The minimum atomic E-state index is -0.346. The minimum absolute atomic E-state index is 0.0997. The van der Waals surface area contributed by atoms with E-state index in [1.807, 2.05) is 13.0 Å². The van der Waals surface area contributed by atoms with Gasteiger partial charge in [-0.2, -0.15) is 0 Å². The fourth-order valence-corrected chi connectivity index (χ4v) is 3.95. The zero-order chi connectivity index (χ0) is 21.1. The quantitative estimate of drug-likeness (QED) is 0.697. The lowest BCUT2D eigenvalue weighted by atomic mass is 10.1. The lowest BCUT2D eigenvalue weighted by molar-refractivity contribution is 0.0858. The molecule has 0 aliphatic carbocycles. The molecule has 1 aliphatic heterocycles. The van der Waals surface area contributed by atoms with E-state index in [4.69, 9.17) is 4.74 Å². The molecule has 3 aromatic carbocycles. The third kappa shape index (κ3) is 4.24. The van der Waals surface area contributed by atoms with Crippen LogP contribution in [0.4, 0.5) is 10.1 Å². The number of nitrogens with zero attached hydrogens (tertiary/aromatic N) is 2. The molecule has 4 rings (SSSR count). The summed E-state index contributed by atoms with van der Waals surface area (Å²) in [4.78, 5) is 17.1. The molecule has 1 N–H and O–H groups in total. The van der Waals surface area contributed by atoms with E-state index in [0.29, 0.717) is 5.56 Å². The third-order valence-electron chi connectivity index (χ3n) is 5.72. The predicted octanol–water partition coefficient (Wildman–Crippen LogP) is 3.89. The molecule has 1 aliphatic rings. The van der Waals surface area contributed by atoms with E-state index in [2.05, 4.69) is 45.4 Å². The smallest absolute Gasteiger partial charge is 0.252 e. The zero-order valence-corrected chi connectivity index (χ0v) is 17.3. The summed E-state index contributed by atoms with van der Waals surface area (Å²) >= 11 is 0. The summed E-state index contributed by atoms with van der Waals surface area (Å²) < 4.78 is 18.5. The maximum Gasteiger partial charge on any atom is 0.252 e. The number of hydrogen-bond donors (Lipinski definition) is 1. The van der Waals surface area contributed by atoms with Gasteiger partial charge < -0.3 is 15.0 Å². The van der Waals surface area contributed by atoms with Crippen molar-refractivity contribution in [1.29, 1.82) is 0 Å². The highest BCUT2D eigenvalue weighted by Crippen LogP contribution is 2.30. The molecule has 3 aromatic rings. The number of halogens is 1. The monoisotopic (exact) mass is 407 g/mol. The Balaban J connectivity index is 1.41. The normalized spacial score (nSPS) is 15.8. The Morgan fingerprint density at radius 1 is 1.03 bits per heavy atom. The highest BCUT2D eigenvalue weighted by molar-refractivity contribution is 5.95. The number of ether oxygens (including phenoxy) is 1. The van der Waals surface area contributed by atoms with Crippen LogP contribution in [0.15, 0.2) is 60.7 Å². The second-order valence-electron chi connectivity index (χ2n) is 7.54. The number of carbonyl (C=O) groups excluding carboxylic acids is 1. The first-order chi connectivity index (χ1) is 14.5. The largest absolute Gasteiger partial charge is 0.497 e. The van der Waals surface area contributed by atoms with Crippen LogP contribution in [0.3, 0.4) is 0 Å². The van der Waals surface area contributed by atoms with Crippen molar-refractivity contribution in [1.82, 2.24) is 10.2 Å². The van der Waals surface area contributed by atoms with Crippen molar-refractivity contribution >= 4 is 22.4 Å². The van der Waals surface area contributed by atoms with E-state index in [-0.39, 0.29) is 17.9 Å². The Kier molecular flexibility index (Phi) is 5.86. The number of methoxy groups -OCH3 is 1. The lowest BCUT2D eigenvalue weighted by Crippen LogP contribution is -2.54. The van der Waals surface area contributed by atoms with Crippen molar-refractivity contribution in [2.75, 3.05) is 38.2 Å². The maximum absolute atomic E-state index is 13.1. The minimum Gasteiger partial charge on any atom is -0.497 e. The van der Waals surface area contributed by atoms with Crippen molar-refractivity contribution in [2.45, 2.75) is 13.1 Å². The summed E-state index contributed by atoms with van der Waals surface area (Å²) in [6.07, 6.45) is -0.0997. The van der Waals surface area contributed by atoms with Crippen LogP contribution >= 0.6 is 0 Å². The molecule has 1 unspecified atom stereocenters. The summed E-state index contributed by atoms with van der Waals surface area (Å²) in [5, 5.41) is 5.39. The van der Waals surface area contributed by atoms with Crippen molar-refractivity contribution in [3.63, 3.8) is 0 Å². The number of hydrogen-bond acceptors (Lipinski definition) is 4. The summed E-state index contributed by atoms with van der Waals surface area (Å²) in [7, 11) is 1.68. The van der Waals surface area contributed by atoms with Gasteiger partial charge in [-0.3, -0.25) is 9.69 Å².